The first-order valence-corrected chi connectivity index (χ1v) is 7.87. The Labute approximate surface area is 145 Å². The second-order valence-electron chi connectivity index (χ2n) is 5.09. The van der Waals surface area contributed by atoms with Crippen LogP contribution < -0.4 is 10.9 Å². The first-order chi connectivity index (χ1) is 11.5. The zero-order chi connectivity index (χ0) is 17.1. The Morgan fingerprint density at radius 2 is 2.17 bits per heavy atom. The molecule has 0 aliphatic heterocycles. The SMILES string of the molecule is Cc1noc(-c2ccc(=O)n(CC(=O)Nc3cccc(Br)c3)c2)n1. The highest BCUT2D eigenvalue weighted by atomic mass is 79.9. The van der Waals surface area contributed by atoms with E-state index in [9.17, 15) is 9.59 Å². The van der Waals surface area contributed by atoms with Gasteiger partial charge in [0.15, 0.2) is 5.82 Å². The number of carbonyl (C=O) groups excluding carboxylic acids is 1. The Balaban J connectivity index is 1.79. The Morgan fingerprint density at radius 1 is 1.33 bits per heavy atom. The summed E-state index contributed by atoms with van der Waals surface area (Å²) in [5.74, 6) is 0.484. The Kier molecular flexibility index (Phi) is 4.57. The van der Waals surface area contributed by atoms with Crippen molar-refractivity contribution in [3.05, 3.63) is 63.2 Å². The first kappa shape index (κ1) is 16.1. The van der Waals surface area contributed by atoms with Crippen molar-refractivity contribution in [3.63, 3.8) is 0 Å². The van der Waals surface area contributed by atoms with Crippen molar-refractivity contribution in [2.45, 2.75) is 13.5 Å². The second kappa shape index (κ2) is 6.79. The van der Waals surface area contributed by atoms with Gasteiger partial charge in [-0.25, -0.2) is 0 Å². The van der Waals surface area contributed by atoms with E-state index in [-0.39, 0.29) is 18.0 Å². The maximum absolute atomic E-state index is 12.2. The lowest BCUT2D eigenvalue weighted by molar-refractivity contribution is -0.116. The van der Waals surface area contributed by atoms with Gasteiger partial charge in [-0.15, -0.1) is 0 Å². The van der Waals surface area contributed by atoms with E-state index in [0.717, 1.165) is 4.47 Å². The average molecular weight is 389 g/mol. The molecule has 0 aliphatic carbocycles. The standard InChI is InChI=1S/C16H13BrN4O3/c1-10-18-16(24-20-10)11-5-6-15(23)21(8-11)9-14(22)19-13-4-2-3-12(17)7-13/h2-8H,9H2,1H3,(H,19,22). The molecule has 0 saturated carbocycles. The molecule has 0 atom stereocenters. The summed E-state index contributed by atoms with van der Waals surface area (Å²) in [4.78, 5) is 28.2. The number of carbonyl (C=O) groups is 1. The monoisotopic (exact) mass is 388 g/mol. The first-order valence-electron chi connectivity index (χ1n) is 7.08. The highest BCUT2D eigenvalue weighted by Gasteiger charge is 2.10. The van der Waals surface area contributed by atoms with Gasteiger partial charge in [-0.1, -0.05) is 27.2 Å². The number of aromatic nitrogens is 3. The van der Waals surface area contributed by atoms with Crippen molar-refractivity contribution >= 4 is 27.5 Å². The van der Waals surface area contributed by atoms with Crippen LogP contribution in [0.1, 0.15) is 5.82 Å². The molecule has 3 rings (SSSR count). The number of hydrogen-bond acceptors (Lipinski definition) is 5. The summed E-state index contributed by atoms with van der Waals surface area (Å²) in [7, 11) is 0. The minimum Gasteiger partial charge on any atom is -0.334 e. The highest BCUT2D eigenvalue weighted by Crippen LogP contribution is 2.16. The van der Waals surface area contributed by atoms with Crippen LogP contribution in [0.4, 0.5) is 5.69 Å². The van der Waals surface area contributed by atoms with Gasteiger partial charge in [0.1, 0.15) is 6.54 Å². The highest BCUT2D eigenvalue weighted by molar-refractivity contribution is 9.10. The zero-order valence-corrected chi connectivity index (χ0v) is 14.3. The zero-order valence-electron chi connectivity index (χ0n) is 12.7. The van der Waals surface area contributed by atoms with E-state index >= 15 is 0 Å². The van der Waals surface area contributed by atoms with Crippen LogP contribution in [0.15, 0.2) is 56.4 Å². The topological polar surface area (TPSA) is 90.0 Å². The number of aryl methyl sites for hydroxylation is 1. The third-order valence-corrected chi connectivity index (χ3v) is 3.67. The minimum atomic E-state index is -0.311. The molecule has 122 valence electrons. The fourth-order valence-electron chi connectivity index (χ4n) is 2.12. The summed E-state index contributed by atoms with van der Waals surface area (Å²) in [5, 5.41) is 6.45. The number of amides is 1. The summed E-state index contributed by atoms with van der Waals surface area (Å²) >= 11 is 3.34. The molecule has 0 fully saturated rings. The van der Waals surface area contributed by atoms with Crippen LogP contribution in [0.2, 0.25) is 0 Å². The predicted octanol–water partition coefficient (Wildman–Crippen LogP) is 2.61. The van der Waals surface area contributed by atoms with Crippen LogP contribution in [0.3, 0.4) is 0 Å². The maximum Gasteiger partial charge on any atom is 0.259 e. The van der Waals surface area contributed by atoms with E-state index in [2.05, 4.69) is 31.4 Å². The van der Waals surface area contributed by atoms with E-state index in [4.69, 9.17) is 4.52 Å². The Hall–Kier alpha value is -2.74. The fourth-order valence-corrected chi connectivity index (χ4v) is 2.52. The molecule has 2 aromatic heterocycles. The normalized spacial score (nSPS) is 10.6. The molecule has 24 heavy (non-hydrogen) atoms. The largest absolute Gasteiger partial charge is 0.334 e. The molecule has 1 aromatic carbocycles. The van der Waals surface area contributed by atoms with Gasteiger partial charge in [-0.2, -0.15) is 4.98 Å². The van der Waals surface area contributed by atoms with Crippen molar-refractivity contribution in [1.82, 2.24) is 14.7 Å². The van der Waals surface area contributed by atoms with Crippen molar-refractivity contribution in [1.29, 1.82) is 0 Å². The summed E-state index contributed by atoms with van der Waals surface area (Å²) < 4.78 is 7.22. The predicted molar refractivity (Wildman–Crippen MR) is 91.5 cm³/mol. The number of nitrogens with zero attached hydrogens (tertiary/aromatic N) is 3. The van der Waals surface area contributed by atoms with Gasteiger partial charge < -0.3 is 14.4 Å². The van der Waals surface area contributed by atoms with Crippen molar-refractivity contribution in [2.24, 2.45) is 0 Å². The van der Waals surface area contributed by atoms with Gasteiger partial charge in [-0.05, 0) is 31.2 Å². The maximum atomic E-state index is 12.2. The van der Waals surface area contributed by atoms with Crippen LogP contribution in [-0.4, -0.2) is 20.6 Å². The van der Waals surface area contributed by atoms with Gasteiger partial charge in [0.05, 0.1) is 5.56 Å². The lowest BCUT2D eigenvalue weighted by Crippen LogP contribution is -2.26. The number of benzene rings is 1. The molecule has 2 heterocycles. The average Bonchev–Trinajstić information content (AvgIpc) is 2.96. The van der Waals surface area contributed by atoms with Crippen LogP contribution in [-0.2, 0) is 11.3 Å². The number of pyridine rings is 1. The van der Waals surface area contributed by atoms with Crippen LogP contribution in [0, 0.1) is 6.92 Å². The molecule has 0 saturated heterocycles. The molecule has 0 spiro atoms. The third kappa shape index (κ3) is 3.77. The van der Waals surface area contributed by atoms with E-state index in [1.807, 2.05) is 12.1 Å². The van der Waals surface area contributed by atoms with Gasteiger partial charge in [0, 0.05) is 22.4 Å². The fraction of sp³-hybridized carbons (Fsp3) is 0.125. The van der Waals surface area contributed by atoms with Crippen molar-refractivity contribution in [3.8, 4) is 11.5 Å². The second-order valence-corrected chi connectivity index (χ2v) is 6.00. The number of halogens is 1. The van der Waals surface area contributed by atoms with Crippen molar-refractivity contribution in [2.75, 3.05) is 5.32 Å². The molecule has 3 aromatic rings. The molecule has 8 heteroatoms. The van der Waals surface area contributed by atoms with E-state index < -0.39 is 0 Å². The number of hydrogen-bond donors (Lipinski definition) is 1. The van der Waals surface area contributed by atoms with Crippen LogP contribution in [0.5, 0.6) is 0 Å². The van der Waals surface area contributed by atoms with Gasteiger partial charge >= 0.3 is 0 Å². The summed E-state index contributed by atoms with van der Waals surface area (Å²) in [5.41, 5.74) is 0.927. The summed E-state index contributed by atoms with van der Waals surface area (Å²) in [6.07, 6.45) is 1.52. The molecule has 0 unspecified atom stereocenters. The van der Waals surface area contributed by atoms with E-state index in [1.54, 1.807) is 25.1 Å². The van der Waals surface area contributed by atoms with E-state index in [1.165, 1.54) is 16.8 Å². The smallest absolute Gasteiger partial charge is 0.259 e. The Bertz CT molecular complexity index is 948. The van der Waals surface area contributed by atoms with Crippen molar-refractivity contribution < 1.29 is 9.32 Å². The lowest BCUT2D eigenvalue weighted by atomic mass is 10.2. The molecular formula is C16H13BrN4O3. The van der Waals surface area contributed by atoms with Gasteiger partial charge in [0.2, 0.25) is 5.91 Å². The molecule has 0 aliphatic rings. The minimum absolute atomic E-state index is 0.119. The molecule has 7 nitrogen and oxygen atoms in total. The Morgan fingerprint density at radius 3 is 2.88 bits per heavy atom. The van der Waals surface area contributed by atoms with Crippen LogP contribution >= 0.6 is 15.9 Å². The summed E-state index contributed by atoms with van der Waals surface area (Å²) in [6, 6.07) is 10.2. The van der Waals surface area contributed by atoms with E-state index in [0.29, 0.717) is 23.0 Å². The van der Waals surface area contributed by atoms with Crippen LogP contribution in [0.25, 0.3) is 11.5 Å². The molecule has 1 amide bonds. The molecule has 0 radical (unpaired) electrons. The number of rotatable bonds is 4. The lowest BCUT2D eigenvalue weighted by Gasteiger charge is -2.08. The third-order valence-electron chi connectivity index (χ3n) is 3.18. The van der Waals surface area contributed by atoms with Gasteiger partial charge in [0.25, 0.3) is 11.4 Å². The number of anilines is 1. The summed E-state index contributed by atoms with van der Waals surface area (Å²) in [6.45, 7) is 1.58. The van der Waals surface area contributed by atoms with Gasteiger partial charge in [-0.3, -0.25) is 9.59 Å². The molecule has 1 N–H and O–H groups in total. The quantitative estimate of drug-likeness (QED) is 0.741. The molecule has 0 bridgehead atoms. The molecular weight excluding hydrogens is 376 g/mol. The number of nitrogens with one attached hydrogen (secondary N) is 1.